The van der Waals surface area contributed by atoms with Crippen molar-refractivity contribution >= 4 is 11.9 Å². The lowest BCUT2D eigenvalue weighted by Gasteiger charge is -2.23. The molecule has 1 unspecified atom stereocenters. The lowest BCUT2D eigenvalue weighted by atomic mass is 9.98. The number of benzene rings is 1. The molecule has 0 spiro atoms. The standard InChI is InChI=1S/C18H21N3O4/c1-11-4-5-12(2)15(8-11)21-13(3)14(9-19-21)16(22)20-18(17(23)24)6-7-25-10-18/h4-5,8-9H,6-7,10H2,1-3H3,(H,20,22)(H,23,24). The van der Waals surface area contributed by atoms with Gasteiger partial charge in [0.1, 0.15) is 0 Å². The largest absolute Gasteiger partial charge is 0.479 e. The van der Waals surface area contributed by atoms with Crippen LogP contribution in [0, 0.1) is 20.8 Å². The summed E-state index contributed by atoms with van der Waals surface area (Å²) in [5.41, 5.74) is 2.67. The van der Waals surface area contributed by atoms with Crippen LogP contribution in [-0.2, 0) is 9.53 Å². The van der Waals surface area contributed by atoms with Gasteiger partial charge in [-0.15, -0.1) is 0 Å². The van der Waals surface area contributed by atoms with E-state index in [2.05, 4.69) is 10.4 Å². The normalized spacial score (nSPS) is 19.8. The molecule has 2 heterocycles. The Morgan fingerprint density at radius 2 is 2.08 bits per heavy atom. The van der Waals surface area contributed by atoms with Gasteiger partial charge in [-0.25, -0.2) is 9.48 Å². The third kappa shape index (κ3) is 3.02. The molecule has 1 amide bonds. The fraction of sp³-hybridized carbons (Fsp3) is 0.389. The number of carboxylic acids is 1. The van der Waals surface area contributed by atoms with Crippen LogP contribution in [0.2, 0.25) is 0 Å². The Balaban J connectivity index is 1.92. The van der Waals surface area contributed by atoms with Crippen molar-refractivity contribution in [1.29, 1.82) is 0 Å². The molecule has 1 saturated heterocycles. The third-order valence-corrected chi connectivity index (χ3v) is 4.63. The summed E-state index contributed by atoms with van der Waals surface area (Å²) in [6.07, 6.45) is 1.72. The zero-order chi connectivity index (χ0) is 18.2. The second-order valence-corrected chi connectivity index (χ2v) is 6.49. The zero-order valence-electron chi connectivity index (χ0n) is 14.5. The highest BCUT2D eigenvalue weighted by Crippen LogP contribution is 2.22. The summed E-state index contributed by atoms with van der Waals surface area (Å²) in [6.45, 7) is 6.05. The Hall–Kier alpha value is -2.67. The molecule has 1 atom stereocenters. The quantitative estimate of drug-likeness (QED) is 0.882. The first-order valence-corrected chi connectivity index (χ1v) is 8.10. The Bertz CT molecular complexity index is 835. The molecule has 3 rings (SSSR count). The number of aliphatic carboxylic acids is 1. The molecule has 7 nitrogen and oxygen atoms in total. The molecular formula is C18H21N3O4. The van der Waals surface area contributed by atoms with Crippen molar-refractivity contribution in [1.82, 2.24) is 15.1 Å². The first-order valence-electron chi connectivity index (χ1n) is 8.10. The van der Waals surface area contributed by atoms with Gasteiger partial charge in [0.15, 0.2) is 5.54 Å². The number of nitrogens with one attached hydrogen (secondary N) is 1. The van der Waals surface area contributed by atoms with Gasteiger partial charge >= 0.3 is 5.97 Å². The molecule has 0 saturated carbocycles. The highest BCUT2D eigenvalue weighted by atomic mass is 16.5. The zero-order valence-corrected chi connectivity index (χ0v) is 14.5. The van der Waals surface area contributed by atoms with Gasteiger partial charge in [-0.05, 0) is 38.0 Å². The molecule has 0 aliphatic carbocycles. The minimum Gasteiger partial charge on any atom is -0.479 e. The predicted molar refractivity (Wildman–Crippen MR) is 91.0 cm³/mol. The van der Waals surface area contributed by atoms with Gasteiger partial charge in [-0.2, -0.15) is 5.10 Å². The predicted octanol–water partition coefficient (Wildman–Crippen LogP) is 1.77. The number of aromatic nitrogens is 2. The van der Waals surface area contributed by atoms with Crippen LogP contribution in [0.25, 0.3) is 5.69 Å². The fourth-order valence-electron chi connectivity index (χ4n) is 2.99. The number of carbonyl (C=O) groups excluding carboxylic acids is 1. The van der Waals surface area contributed by atoms with Crippen LogP contribution in [0.1, 0.15) is 33.6 Å². The lowest BCUT2D eigenvalue weighted by Crippen LogP contribution is -2.55. The van der Waals surface area contributed by atoms with E-state index in [0.717, 1.165) is 16.8 Å². The fourth-order valence-corrected chi connectivity index (χ4v) is 2.99. The summed E-state index contributed by atoms with van der Waals surface area (Å²) in [5.74, 6) is -1.54. The first kappa shape index (κ1) is 17.2. The average molecular weight is 343 g/mol. The number of aryl methyl sites for hydroxylation is 2. The number of hydrogen-bond acceptors (Lipinski definition) is 4. The highest BCUT2D eigenvalue weighted by molar-refractivity contribution is 5.98. The molecule has 1 fully saturated rings. The Morgan fingerprint density at radius 1 is 1.32 bits per heavy atom. The smallest absolute Gasteiger partial charge is 0.331 e. The molecular weight excluding hydrogens is 322 g/mol. The van der Waals surface area contributed by atoms with Crippen LogP contribution >= 0.6 is 0 Å². The van der Waals surface area contributed by atoms with Gasteiger partial charge in [-0.3, -0.25) is 4.79 Å². The minimum atomic E-state index is -1.37. The molecule has 25 heavy (non-hydrogen) atoms. The van der Waals surface area contributed by atoms with Crippen LogP contribution in [-0.4, -0.2) is 45.5 Å². The monoisotopic (exact) mass is 343 g/mol. The number of carboxylic acid groups (broad SMARTS) is 1. The van der Waals surface area contributed by atoms with Crippen LogP contribution in [0.15, 0.2) is 24.4 Å². The topological polar surface area (TPSA) is 93.5 Å². The SMILES string of the molecule is Cc1ccc(C)c(-n2ncc(C(=O)NC3(C(=O)O)CCOC3)c2C)c1. The van der Waals surface area contributed by atoms with Gasteiger partial charge in [0.05, 0.1) is 29.7 Å². The molecule has 132 valence electrons. The van der Waals surface area contributed by atoms with Crippen molar-refractivity contribution in [3.8, 4) is 5.69 Å². The second-order valence-electron chi connectivity index (χ2n) is 6.49. The summed E-state index contributed by atoms with van der Waals surface area (Å²) in [7, 11) is 0. The molecule has 1 aromatic carbocycles. The number of ether oxygens (including phenoxy) is 1. The van der Waals surface area contributed by atoms with Crippen molar-refractivity contribution in [3.63, 3.8) is 0 Å². The van der Waals surface area contributed by atoms with Gasteiger partial charge in [0.2, 0.25) is 0 Å². The van der Waals surface area contributed by atoms with Crippen molar-refractivity contribution in [3.05, 3.63) is 46.8 Å². The molecule has 2 aromatic rings. The summed E-state index contributed by atoms with van der Waals surface area (Å²) in [4.78, 5) is 24.2. The van der Waals surface area contributed by atoms with E-state index in [9.17, 15) is 14.7 Å². The summed E-state index contributed by atoms with van der Waals surface area (Å²) >= 11 is 0. The maximum atomic E-state index is 12.6. The van der Waals surface area contributed by atoms with Gasteiger partial charge in [0, 0.05) is 13.0 Å². The van der Waals surface area contributed by atoms with Crippen LogP contribution in [0.4, 0.5) is 0 Å². The van der Waals surface area contributed by atoms with Crippen molar-refractivity contribution < 1.29 is 19.4 Å². The third-order valence-electron chi connectivity index (χ3n) is 4.63. The molecule has 0 bridgehead atoms. The number of hydrogen-bond donors (Lipinski definition) is 2. The number of carbonyl (C=O) groups is 2. The van der Waals surface area contributed by atoms with E-state index in [0.29, 0.717) is 17.9 Å². The van der Waals surface area contributed by atoms with E-state index in [1.165, 1.54) is 6.20 Å². The van der Waals surface area contributed by atoms with E-state index in [1.54, 1.807) is 11.6 Å². The van der Waals surface area contributed by atoms with Crippen molar-refractivity contribution in [2.24, 2.45) is 0 Å². The number of amides is 1. The molecule has 7 heteroatoms. The van der Waals surface area contributed by atoms with E-state index in [4.69, 9.17) is 4.74 Å². The summed E-state index contributed by atoms with van der Waals surface area (Å²) in [5, 5.41) is 16.4. The van der Waals surface area contributed by atoms with Gasteiger partial charge in [0.25, 0.3) is 5.91 Å². The van der Waals surface area contributed by atoms with Crippen molar-refractivity contribution in [2.45, 2.75) is 32.7 Å². The maximum Gasteiger partial charge on any atom is 0.331 e. The number of rotatable bonds is 4. The summed E-state index contributed by atoms with van der Waals surface area (Å²) < 4.78 is 6.88. The van der Waals surface area contributed by atoms with Crippen LogP contribution in [0.5, 0.6) is 0 Å². The van der Waals surface area contributed by atoms with E-state index < -0.39 is 17.4 Å². The molecule has 1 aliphatic heterocycles. The first-order chi connectivity index (χ1) is 11.8. The van der Waals surface area contributed by atoms with Crippen LogP contribution < -0.4 is 5.32 Å². The Labute approximate surface area is 145 Å². The Kier molecular flexibility index (Phi) is 4.34. The van der Waals surface area contributed by atoms with Crippen LogP contribution in [0.3, 0.4) is 0 Å². The second kappa shape index (κ2) is 6.33. The summed E-state index contributed by atoms with van der Waals surface area (Å²) in [6, 6.07) is 6.02. The molecule has 1 aromatic heterocycles. The number of nitrogens with zero attached hydrogens (tertiary/aromatic N) is 2. The van der Waals surface area contributed by atoms with E-state index in [-0.39, 0.29) is 13.0 Å². The van der Waals surface area contributed by atoms with E-state index in [1.807, 2.05) is 32.0 Å². The molecule has 1 aliphatic rings. The maximum absolute atomic E-state index is 12.6. The van der Waals surface area contributed by atoms with Gasteiger partial charge in [-0.1, -0.05) is 12.1 Å². The highest BCUT2D eigenvalue weighted by Gasteiger charge is 2.44. The molecule has 2 N–H and O–H groups in total. The Morgan fingerprint density at radius 3 is 2.72 bits per heavy atom. The molecule has 0 radical (unpaired) electrons. The van der Waals surface area contributed by atoms with E-state index >= 15 is 0 Å². The lowest BCUT2D eigenvalue weighted by molar-refractivity contribution is -0.144. The van der Waals surface area contributed by atoms with Gasteiger partial charge < -0.3 is 15.2 Å². The minimum absolute atomic E-state index is 0.0295. The van der Waals surface area contributed by atoms with Crippen molar-refractivity contribution in [2.75, 3.05) is 13.2 Å². The average Bonchev–Trinajstić information content (AvgIpc) is 3.17.